The standard InChI is InChI=1S/C14H23N3/c1-2-13-6-10-17(12-9-16-13)11-7-14-5-3-4-8-15-14/h3-5,8,13,16H,2,6-7,9-12H2,1H3. The van der Waals surface area contributed by atoms with Crippen molar-refractivity contribution in [2.45, 2.75) is 32.2 Å². The molecule has 1 aromatic rings. The molecule has 0 saturated carbocycles. The predicted octanol–water partition coefficient (Wildman–Crippen LogP) is 1.70. The molecule has 1 saturated heterocycles. The lowest BCUT2D eigenvalue weighted by atomic mass is 10.1. The summed E-state index contributed by atoms with van der Waals surface area (Å²) in [5.74, 6) is 0. The van der Waals surface area contributed by atoms with Crippen LogP contribution in [-0.2, 0) is 6.42 Å². The maximum Gasteiger partial charge on any atom is 0.0416 e. The third-order valence-electron chi connectivity index (χ3n) is 3.56. The quantitative estimate of drug-likeness (QED) is 0.858. The van der Waals surface area contributed by atoms with E-state index in [1.165, 1.54) is 31.6 Å². The molecule has 1 atom stereocenters. The van der Waals surface area contributed by atoms with Crippen LogP contribution >= 0.6 is 0 Å². The molecular formula is C14H23N3. The van der Waals surface area contributed by atoms with E-state index in [4.69, 9.17) is 0 Å². The van der Waals surface area contributed by atoms with Crippen LogP contribution in [0.3, 0.4) is 0 Å². The minimum absolute atomic E-state index is 0.717. The van der Waals surface area contributed by atoms with Crippen molar-refractivity contribution in [3.8, 4) is 0 Å². The van der Waals surface area contributed by atoms with E-state index in [-0.39, 0.29) is 0 Å². The Hall–Kier alpha value is -0.930. The lowest BCUT2D eigenvalue weighted by Crippen LogP contribution is -2.31. The summed E-state index contributed by atoms with van der Waals surface area (Å²) in [6.07, 6.45) is 5.47. The lowest BCUT2D eigenvalue weighted by molar-refractivity contribution is 0.292. The van der Waals surface area contributed by atoms with Gasteiger partial charge in [-0.15, -0.1) is 0 Å². The molecule has 3 heteroatoms. The van der Waals surface area contributed by atoms with E-state index in [9.17, 15) is 0 Å². The van der Waals surface area contributed by atoms with E-state index in [2.05, 4.69) is 34.3 Å². The molecule has 0 aromatic carbocycles. The van der Waals surface area contributed by atoms with Crippen LogP contribution in [0.5, 0.6) is 0 Å². The van der Waals surface area contributed by atoms with Crippen molar-refractivity contribution >= 4 is 0 Å². The molecule has 3 nitrogen and oxygen atoms in total. The molecule has 17 heavy (non-hydrogen) atoms. The Kier molecular flexibility index (Phi) is 4.95. The van der Waals surface area contributed by atoms with Gasteiger partial charge in [-0.2, -0.15) is 0 Å². The lowest BCUT2D eigenvalue weighted by Gasteiger charge is -2.19. The molecule has 0 spiro atoms. The van der Waals surface area contributed by atoms with Crippen molar-refractivity contribution in [2.75, 3.05) is 26.2 Å². The van der Waals surface area contributed by atoms with Crippen LogP contribution in [0.2, 0.25) is 0 Å². The zero-order chi connectivity index (χ0) is 11.9. The number of rotatable bonds is 4. The minimum atomic E-state index is 0.717. The van der Waals surface area contributed by atoms with Crippen LogP contribution in [0.1, 0.15) is 25.5 Å². The van der Waals surface area contributed by atoms with Crippen LogP contribution in [0, 0.1) is 0 Å². The van der Waals surface area contributed by atoms with E-state index in [1.54, 1.807) is 0 Å². The van der Waals surface area contributed by atoms with Crippen molar-refractivity contribution < 1.29 is 0 Å². The molecule has 2 heterocycles. The highest BCUT2D eigenvalue weighted by molar-refractivity contribution is 5.03. The molecular weight excluding hydrogens is 210 g/mol. The molecule has 0 amide bonds. The van der Waals surface area contributed by atoms with Crippen molar-refractivity contribution in [3.63, 3.8) is 0 Å². The summed E-state index contributed by atoms with van der Waals surface area (Å²) in [6.45, 7) is 6.92. The molecule has 1 N–H and O–H groups in total. The summed E-state index contributed by atoms with van der Waals surface area (Å²) in [4.78, 5) is 6.93. The van der Waals surface area contributed by atoms with Gasteiger partial charge in [-0.1, -0.05) is 13.0 Å². The first-order valence-corrected chi connectivity index (χ1v) is 6.74. The van der Waals surface area contributed by atoms with Crippen molar-refractivity contribution in [2.24, 2.45) is 0 Å². The van der Waals surface area contributed by atoms with Crippen molar-refractivity contribution in [1.29, 1.82) is 0 Å². The summed E-state index contributed by atoms with van der Waals surface area (Å²) in [7, 11) is 0. The van der Waals surface area contributed by atoms with Gasteiger partial charge in [0.1, 0.15) is 0 Å². The highest BCUT2D eigenvalue weighted by Crippen LogP contribution is 2.05. The van der Waals surface area contributed by atoms with Crippen LogP contribution in [0.25, 0.3) is 0 Å². The number of nitrogens with one attached hydrogen (secondary N) is 1. The second-order valence-corrected chi connectivity index (χ2v) is 4.76. The van der Waals surface area contributed by atoms with Crippen LogP contribution < -0.4 is 5.32 Å². The van der Waals surface area contributed by atoms with E-state index < -0.39 is 0 Å². The molecule has 1 unspecified atom stereocenters. The molecule has 0 radical (unpaired) electrons. The summed E-state index contributed by atoms with van der Waals surface area (Å²) < 4.78 is 0. The predicted molar refractivity (Wildman–Crippen MR) is 71.1 cm³/mol. The molecule has 1 aliphatic heterocycles. The maximum absolute atomic E-state index is 4.38. The number of aromatic nitrogens is 1. The number of hydrogen-bond acceptors (Lipinski definition) is 3. The largest absolute Gasteiger partial charge is 0.313 e. The number of pyridine rings is 1. The van der Waals surface area contributed by atoms with Gasteiger partial charge in [0.2, 0.25) is 0 Å². The van der Waals surface area contributed by atoms with E-state index in [1.807, 2.05) is 12.3 Å². The molecule has 0 bridgehead atoms. The second kappa shape index (κ2) is 6.72. The summed E-state index contributed by atoms with van der Waals surface area (Å²) in [5, 5.41) is 3.60. The van der Waals surface area contributed by atoms with Crippen molar-refractivity contribution in [1.82, 2.24) is 15.2 Å². The maximum atomic E-state index is 4.38. The molecule has 1 aromatic heterocycles. The Bertz CT molecular complexity index is 313. The van der Waals surface area contributed by atoms with Gasteiger partial charge in [-0.3, -0.25) is 4.98 Å². The summed E-state index contributed by atoms with van der Waals surface area (Å²) in [6, 6.07) is 6.88. The minimum Gasteiger partial charge on any atom is -0.313 e. The monoisotopic (exact) mass is 233 g/mol. The third-order valence-corrected chi connectivity index (χ3v) is 3.56. The average Bonchev–Trinajstić information content (AvgIpc) is 2.62. The Labute approximate surface area is 104 Å². The normalized spacial score (nSPS) is 22.3. The molecule has 2 rings (SSSR count). The highest BCUT2D eigenvalue weighted by Gasteiger charge is 2.14. The van der Waals surface area contributed by atoms with Gasteiger partial charge in [0.25, 0.3) is 0 Å². The van der Waals surface area contributed by atoms with Gasteiger partial charge in [-0.05, 0) is 31.5 Å². The van der Waals surface area contributed by atoms with E-state index in [0.29, 0.717) is 0 Å². The van der Waals surface area contributed by atoms with E-state index >= 15 is 0 Å². The van der Waals surface area contributed by atoms with Crippen LogP contribution in [0.15, 0.2) is 24.4 Å². The van der Waals surface area contributed by atoms with Gasteiger partial charge < -0.3 is 10.2 Å². The fourth-order valence-corrected chi connectivity index (χ4v) is 2.37. The van der Waals surface area contributed by atoms with E-state index in [0.717, 1.165) is 25.6 Å². The fraction of sp³-hybridized carbons (Fsp3) is 0.643. The number of nitrogens with zero attached hydrogens (tertiary/aromatic N) is 2. The van der Waals surface area contributed by atoms with Gasteiger partial charge in [-0.25, -0.2) is 0 Å². The van der Waals surface area contributed by atoms with Crippen molar-refractivity contribution in [3.05, 3.63) is 30.1 Å². The Morgan fingerprint density at radius 3 is 3.12 bits per heavy atom. The second-order valence-electron chi connectivity index (χ2n) is 4.76. The summed E-state index contributed by atoms with van der Waals surface area (Å²) in [5.41, 5.74) is 1.21. The zero-order valence-electron chi connectivity index (χ0n) is 10.7. The van der Waals surface area contributed by atoms with Gasteiger partial charge in [0.05, 0.1) is 0 Å². The smallest absolute Gasteiger partial charge is 0.0416 e. The van der Waals surface area contributed by atoms with Crippen LogP contribution in [-0.4, -0.2) is 42.1 Å². The zero-order valence-corrected chi connectivity index (χ0v) is 10.7. The van der Waals surface area contributed by atoms with Gasteiger partial charge in [0, 0.05) is 44.0 Å². The third kappa shape index (κ3) is 4.10. The molecule has 0 aliphatic carbocycles. The molecule has 94 valence electrons. The average molecular weight is 233 g/mol. The van der Waals surface area contributed by atoms with Crippen LogP contribution in [0.4, 0.5) is 0 Å². The number of hydrogen-bond donors (Lipinski definition) is 1. The Balaban J connectivity index is 1.76. The first-order valence-electron chi connectivity index (χ1n) is 6.74. The molecule has 1 aliphatic rings. The topological polar surface area (TPSA) is 28.2 Å². The molecule has 1 fully saturated rings. The van der Waals surface area contributed by atoms with Gasteiger partial charge >= 0.3 is 0 Å². The summed E-state index contributed by atoms with van der Waals surface area (Å²) >= 11 is 0. The first kappa shape index (κ1) is 12.5. The Morgan fingerprint density at radius 1 is 1.41 bits per heavy atom. The fourth-order valence-electron chi connectivity index (χ4n) is 2.37. The first-order chi connectivity index (χ1) is 8.38. The highest BCUT2D eigenvalue weighted by atomic mass is 15.2. The Morgan fingerprint density at radius 2 is 2.35 bits per heavy atom. The van der Waals surface area contributed by atoms with Gasteiger partial charge in [0.15, 0.2) is 0 Å². The SMILES string of the molecule is CCC1CCN(CCc2ccccn2)CCN1.